The summed E-state index contributed by atoms with van der Waals surface area (Å²) in [7, 11) is 1.82. The summed E-state index contributed by atoms with van der Waals surface area (Å²) in [4.78, 5) is 4.39. The van der Waals surface area contributed by atoms with Crippen molar-refractivity contribution in [1.29, 1.82) is 5.26 Å². The molecule has 2 aromatic carbocycles. The molecule has 26 heavy (non-hydrogen) atoms. The normalized spacial score (nSPS) is 11.5. The average molecular weight is 359 g/mol. The van der Waals surface area contributed by atoms with E-state index in [4.69, 9.17) is 0 Å². The molecule has 134 valence electrons. The Hall–Kier alpha value is -3.01. The standard InChI is InChI=1S/C19H16F3N3O/c1-3-4-13-9-15(17-18(16(13)10-23)25(2)11-24-17)12-5-7-14(8-6-12)26-19(20,21)22/h5-9,11H,3-4H2,1-2H3. The second-order valence-electron chi connectivity index (χ2n) is 5.94. The average Bonchev–Trinajstić information content (AvgIpc) is 2.96. The van der Waals surface area contributed by atoms with Crippen LogP contribution in [0.2, 0.25) is 0 Å². The first-order valence-electron chi connectivity index (χ1n) is 8.07. The van der Waals surface area contributed by atoms with Crippen molar-refractivity contribution in [2.24, 2.45) is 7.05 Å². The van der Waals surface area contributed by atoms with Crippen LogP contribution in [0.15, 0.2) is 36.7 Å². The van der Waals surface area contributed by atoms with Crippen LogP contribution < -0.4 is 4.74 Å². The summed E-state index contributed by atoms with van der Waals surface area (Å²) in [6.07, 6.45) is -1.49. The molecule has 0 unspecified atom stereocenters. The quantitative estimate of drug-likeness (QED) is 0.661. The number of fused-ring (bicyclic) bond motifs is 1. The third-order valence-corrected chi connectivity index (χ3v) is 4.10. The third kappa shape index (κ3) is 3.36. The number of ether oxygens (including phenoxy) is 1. The van der Waals surface area contributed by atoms with E-state index in [0.717, 1.165) is 29.5 Å². The predicted octanol–water partition coefficient (Wildman–Crippen LogP) is 4.96. The fourth-order valence-corrected chi connectivity index (χ4v) is 3.04. The first-order chi connectivity index (χ1) is 12.3. The maximum absolute atomic E-state index is 12.3. The van der Waals surface area contributed by atoms with Gasteiger partial charge < -0.3 is 9.30 Å². The van der Waals surface area contributed by atoms with Crippen LogP contribution >= 0.6 is 0 Å². The fourth-order valence-electron chi connectivity index (χ4n) is 3.04. The Morgan fingerprint density at radius 3 is 2.50 bits per heavy atom. The Labute approximate surface area is 148 Å². The lowest BCUT2D eigenvalue weighted by atomic mass is 9.95. The number of halogens is 3. The number of hydrogen-bond donors (Lipinski definition) is 0. The van der Waals surface area contributed by atoms with E-state index in [1.165, 1.54) is 12.1 Å². The van der Waals surface area contributed by atoms with E-state index in [2.05, 4.69) is 15.8 Å². The molecule has 0 spiro atoms. The molecule has 1 aromatic heterocycles. The van der Waals surface area contributed by atoms with Crippen LogP contribution in [0.5, 0.6) is 5.75 Å². The molecule has 3 aromatic rings. The molecular weight excluding hydrogens is 343 g/mol. The molecule has 0 atom stereocenters. The number of alkyl halides is 3. The van der Waals surface area contributed by atoms with Crippen LogP contribution in [-0.2, 0) is 13.5 Å². The number of nitrogens with zero attached hydrogens (tertiary/aromatic N) is 3. The Kier molecular flexibility index (Phi) is 4.60. The van der Waals surface area contributed by atoms with Crippen molar-refractivity contribution in [2.45, 2.75) is 26.1 Å². The highest BCUT2D eigenvalue weighted by molar-refractivity contribution is 5.96. The third-order valence-electron chi connectivity index (χ3n) is 4.10. The zero-order valence-electron chi connectivity index (χ0n) is 14.3. The number of nitriles is 1. The molecule has 1 heterocycles. The Bertz CT molecular complexity index is 982. The summed E-state index contributed by atoms with van der Waals surface area (Å²) in [5.41, 5.74) is 4.35. The molecule has 0 saturated carbocycles. The molecule has 0 N–H and O–H groups in total. The molecule has 4 nitrogen and oxygen atoms in total. The second kappa shape index (κ2) is 6.71. The van der Waals surface area contributed by atoms with E-state index in [0.29, 0.717) is 16.6 Å². The minimum atomic E-state index is -4.72. The first-order valence-corrected chi connectivity index (χ1v) is 8.07. The van der Waals surface area contributed by atoms with E-state index in [-0.39, 0.29) is 5.75 Å². The Morgan fingerprint density at radius 1 is 1.23 bits per heavy atom. The zero-order chi connectivity index (χ0) is 18.9. The highest BCUT2D eigenvalue weighted by Crippen LogP contribution is 2.34. The molecule has 3 rings (SSSR count). The summed E-state index contributed by atoms with van der Waals surface area (Å²) in [5.74, 6) is -0.277. The molecule has 0 aliphatic heterocycles. The number of rotatable bonds is 4. The number of aryl methyl sites for hydroxylation is 2. The molecule has 0 radical (unpaired) electrons. The maximum Gasteiger partial charge on any atom is 0.573 e. The molecule has 0 bridgehead atoms. The number of imidazole rings is 1. The number of hydrogen-bond acceptors (Lipinski definition) is 3. The molecule has 0 aliphatic carbocycles. The van der Waals surface area contributed by atoms with Gasteiger partial charge in [0.15, 0.2) is 0 Å². The van der Waals surface area contributed by atoms with Crippen molar-refractivity contribution in [3.63, 3.8) is 0 Å². The molecule has 0 saturated heterocycles. The highest BCUT2D eigenvalue weighted by atomic mass is 19.4. The highest BCUT2D eigenvalue weighted by Gasteiger charge is 2.31. The molecular formula is C19H16F3N3O. The Morgan fingerprint density at radius 2 is 1.92 bits per heavy atom. The molecule has 7 heteroatoms. The van der Waals surface area contributed by atoms with Crippen LogP contribution in [0, 0.1) is 11.3 Å². The lowest BCUT2D eigenvalue weighted by Gasteiger charge is -2.12. The van der Waals surface area contributed by atoms with E-state index < -0.39 is 6.36 Å². The SMILES string of the molecule is CCCc1cc(-c2ccc(OC(F)(F)F)cc2)c2ncn(C)c2c1C#N. The lowest BCUT2D eigenvalue weighted by molar-refractivity contribution is -0.274. The van der Waals surface area contributed by atoms with Crippen LogP contribution in [0.3, 0.4) is 0 Å². The topological polar surface area (TPSA) is 50.8 Å². The van der Waals surface area contributed by atoms with Crippen molar-refractivity contribution in [2.75, 3.05) is 0 Å². The number of benzene rings is 2. The Balaban J connectivity index is 2.15. The van der Waals surface area contributed by atoms with Crippen LogP contribution in [-0.4, -0.2) is 15.9 Å². The van der Waals surface area contributed by atoms with Gasteiger partial charge in [0, 0.05) is 12.6 Å². The van der Waals surface area contributed by atoms with Gasteiger partial charge in [-0.05, 0) is 35.7 Å². The lowest BCUT2D eigenvalue weighted by Crippen LogP contribution is -2.16. The van der Waals surface area contributed by atoms with Gasteiger partial charge in [-0.15, -0.1) is 13.2 Å². The second-order valence-corrected chi connectivity index (χ2v) is 5.94. The van der Waals surface area contributed by atoms with E-state index in [1.807, 2.05) is 20.0 Å². The molecule has 0 amide bonds. The van der Waals surface area contributed by atoms with Gasteiger partial charge in [-0.25, -0.2) is 4.98 Å². The van der Waals surface area contributed by atoms with E-state index in [1.54, 1.807) is 23.0 Å². The maximum atomic E-state index is 12.3. The largest absolute Gasteiger partial charge is 0.573 e. The summed E-state index contributed by atoms with van der Waals surface area (Å²) in [6, 6.07) is 9.83. The smallest absolute Gasteiger partial charge is 0.406 e. The van der Waals surface area contributed by atoms with Gasteiger partial charge >= 0.3 is 6.36 Å². The van der Waals surface area contributed by atoms with Crippen molar-refractivity contribution >= 4 is 11.0 Å². The van der Waals surface area contributed by atoms with Crippen molar-refractivity contribution in [1.82, 2.24) is 9.55 Å². The van der Waals surface area contributed by atoms with Crippen LogP contribution in [0.4, 0.5) is 13.2 Å². The molecule has 0 fully saturated rings. The summed E-state index contributed by atoms with van der Waals surface area (Å²) < 4.78 is 42.7. The van der Waals surface area contributed by atoms with Gasteiger partial charge in [-0.3, -0.25) is 0 Å². The fraction of sp³-hybridized carbons (Fsp3) is 0.263. The van der Waals surface area contributed by atoms with Crippen molar-refractivity contribution in [3.05, 3.63) is 47.8 Å². The van der Waals surface area contributed by atoms with Crippen molar-refractivity contribution < 1.29 is 17.9 Å². The minimum absolute atomic E-state index is 0.277. The van der Waals surface area contributed by atoms with Gasteiger partial charge in [0.25, 0.3) is 0 Å². The summed E-state index contributed by atoms with van der Waals surface area (Å²) in [5, 5.41) is 9.58. The summed E-state index contributed by atoms with van der Waals surface area (Å²) in [6.45, 7) is 2.03. The van der Waals surface area contributed by atoms with Gasteiger partial charge in [-0.2, -0.15) is 5.26 Å². The number of aromatic nitrogens is 2. The van der Waals surface area contributed by atoms with E-state index in [9.17, 15) is 18.4 Å². The minimum Gasteiger partial charge on any atom is -0.406 e. The first kappa shape index (κ1) is 17.8. The van der Waals surface area contributed by atoms with Crippen molar-refractivity contribution in [3.8, 4) is 22.9 Å². The van der Waals surface area contributed by atoms with Crippen LogP contribution in [0.1, 0.15) is 24.5 Å². The van der Waals surface area contributed by atoms with Gasteiger partial charge in [0.05, 0.1) is 22.9 Å². The monoisotopic (exact) mass is 359 g/mol. The van der Waals surface area contributed by atoms with Gasteiger partial charge in [-0.1, -0.05) is 25.5 Å². The molecule has 0 aliphatic rings. The predicted molar refractivity (Wildman–Crippen MR) is 91.5 cm³/mol. The van der Waals surface area contributed by atoms with Gasteiger partial charge in [0.2, 0.25) is 0 Å². The van der Waals surface area contributed by atoms with Gasteiger partial charge in [0.1, 0.15) is 11.8 Å². The van der Waals surface area contributed by atoms with E-state index >= 15 is 0 Å². The zero-order valence-corrected chi connectivity index (χ0v) is 14.3. The summed E-state index contributed by atoms with van der Waals surface area (Å²) >= 11 is 0. The van der Waals surface area contributed by atoms with Crippen LogP contribution in [0.25, 0.3) is 22.2 Å².